The largest absolute Gasteiger partial charge is 0.490 e. The van der Waals surface area contributed by atoms with Gasteiger partial charge in [-0.15, -0.1) is 0 Å². The average molecular weight is 330 g/mol. The topological polar surface area (TPSA) is 76.7 Å². The molecular formula is C18H22N2O4. The van der Waals surface area contributed by atoms with E-state index in [0.717, 1.165) is 5.56 Å². The van der Waals surface area contributed by atoms with Crippen LogP contribution < -0.4 is 15.4 Å². The molecule has 0 fully saturated rings. The number of urea groups is 1. The van der Waals surface area contributed by atoms with Crippen molar-refractivity contribution in [2.75, 3.05) is 6.61 Å². The van der Waals surface area contributed by atoms with Crippen molar-refractivity contribution in [2.24, 2.45) is 0 Å². The van der Waals surface area contributed by atoms with Crippen LogP contribution in [-0.4, -0.2) is 24.7 Å². The maximum Gasteiger partial charge on any atom is 0.338 e. The zero-order chi connectivity index (χ0) is 17.7. The van der Waals surface area contributed by atoms with Crippen LogP contribution >= 0.6 is 0 Å². The molecule has 0 bridgehead atoms. The minimum absolute atomic E-state index is 0.245. The van der Waals surface area contributed by atoms with Gasteiger partial charge in [-0.05, 0) is 38.5 Å². The maximum atomic E-state index is 12.4. The van der Waals surface area contributed by atoms with Gasteiger partial charge in [0, 0.05) is 5.70 Å². The Hall–Kier alpha value is -2.76. The molecule has 1 aromatic rings. The fraction of sp³-hybridized carbons (Fsp3) is 0.333. The van der Waals surface area contributed by atoms with Crippen LogP contribution in [0.3, 0.4) is 0 Å². The SMILES string of the molecule is C=CCOc1ccc(C2NC(=O)NC(C)=C2C(=O)OC(C)C)cc1. The second-order valence-electron chi connectivity index (χ2n) is 5.69. The van der Waals surface area contributed by atoms with Gasteiger partial charge in [-0.25, -0.2) is 9.59 Å². The van der Waals surface area contributed by atoms with Gasteiger partial charge in [0.1, 0.15) is 12.4 Å². The van der Waals surface area contributed by atoms with E-state index in [0.29, 0.717) is 23.6 Å². The summed E-state index contributed by atoms with van der Waals surface area (Å²) in [6, 6.07) is 6.26. The van der Waals surface area contributed by atoms with Gasteiger partial charge in [-0.3, -0.25) is 0 Å². The summed E-state index contributed by atoms with van der Waals surface area (Å²) in [5.41, 5.74) is 1.65. The zero-order valence-corrected chi connectivity index (χ0v) is 14.1. The first-order valence-corrected chi connectivity index (χ1v) is 7.75. The zero-order valence-electron chi connectivity index (χ0n) is 14.1. The van der Waals surface area contributed by atoms with E-state index >= 15 is 0 Å². The fourth-order valence-corrected chi connectivity index (χ4v) is 2.40. The van der Waals surface area contributed by atoms with E-state index in [2.05, 4.69) is 17.2 Å². The van der Waals surface area contributed by atoms with Gasteiger partial charge in [-0.2, -0.15) is 0 Å². The van der Waals surface area contributed by atoms with Gasteiger partial charge in [0.25, 0.3) is 0 Å². The van der Waals surface area contributed by atoms with Crippen molar-refractivity contribution in [3.63, 3.8) is 0 Å². The van der Waals surface area contributed by atoms with Crippen LogP contribution in [0, 0.1) is 0 Å². The van der Waals surface area contributed by atoms with Crippen molar-refractivity contribution in [1.82, 2.24) is 10.6 Å². The van der Waals surface area contributed by atoms with Gasteiger partial charge in [0.2, 0.25) is 0 Å². The molecule has 6 nitrogen and oxygen atoms in total. The molecule has 6 heteroatoms. The normalized spacial score (nSPS) is 17.2. The highest BCUT2D eigenvalue weighted by Gasteiger charge is 2.32. The lowest BCUT2D eigenvalue weighted by molar-refractivity contribution is -0.143. The molecule has 1 heterocycles. The molecule has 0 saturated heterocycles. The van der Waals surface area contributed by atoms with Gasteiger partial charge >= 0.3 is 12.0 Å². The van der Waals surface area contributed by atoms with Crippen LogP contribution in [0.15, 0.2) is 48.2 Å². The molecule has 0 spiro atoms. The van der Waals surface area contributed by atoms with Crippen molar-refractivity contribution < 1.29 is 19.1 Å². The lowest BCUT2D eigenvalue weighted by atomic mass is 9.95. The van der Waals surface area contributed by atoms with Crippen LogP contribution in [0.25, 0.3) is 0 Å². The first-order chi connectivity index (χ1) is 11.4. The summed E-state index contributed by atoms with van der Waals surface area (Å²) in [5, 5.41) is 5.38. The summed E-state index contributed by atoms with van der Waals surface area (Å²) >= 11 is 0. The van der Waals surface area contributed by atoms with Crippen LogP contribution in [-0.2, 0) is 9.53 Å². The number of esters is 1. The van der Waals surface area contributed by atoms with Crippen LogP contribution in [0.4, 0.5) is 4.79 Å². The van der Waals surface area contributed by atoms with Crippen molar-refractivity contribution >= 4 is 12.0 Å². The highest BCUT2D eigenvalue weighted by molar-refractivity contribution is 5.95. The summed E-state index contributed by atoms with van der Waals surface area (Å²) in [7, 11) is 0. The molecule has 0 aliphatic carbocycles. The highest BCUT2D eigenvalue weighted by Crippen LogP contribution is 2.29. The number of carbonyl (C=O) groups is 2. The third-order valence-electron chi connectivity index (χ3n) is 3.41. The Kier molecular flexibility index (Phi) is 5.63. The van der Waals surface area contributed by atoms with Crippen LogP contribution in [0.5, 0.6) is 5.75 Å². The van der Waals surface area contributed by atoms with Crippen LogP contribution in [0.2, 0.25) is 0 Å². The molecule has 2 rings (SSSR count). The third-order valence-corrected chi connectivity index (χ3v) is 3.41. The lowest BCUT2D eigenvalue weighted by Crippen LogP contribution is -2.45. The van der Waals surface area contributed by atoms with Crippen LogP contribution in [0.1, 0.15) is 32.4 Å². The second-order valence-corrected chi connectivity index (χ2v) is 5.69. The Morgan fingerprint density at radius 1 is 1.33 bits per heavy atom. The summed E-state index contributed by atoms with van der Waals surface area (Å²) < 4.78 is 10.7. The number of benzene rings is 1. The van der Waals surface area contributed by atoms with Gasteiger partial charge in [0.15, 0.2) is 0 Å². The molecule has 2 N–H and O–H groups in total. The molecule has 1 aromatic carbocycles. The quantitative estimate of drug-likeness (QED) is 0.621. The van der Waals surface area contributed by atoms with Gasteiger partial charge < -0.3 is 20.1 Å². The number of rotatable bonds is 6. The molecule has 1 aliphatic heterocycles. The van der Waals surface area contributed by atoms with E-state index < -0.39 is 12.0 Å². The summed E-state index contributed by atoms with van der Waals surface area (Å²) in [5.74, 6) is 0.234. The molecule has 0 radical (unpaired) electrons. The maximum absolute atomic E-state index is 12.4. The number of allylic oxidation sites excluding steroid dienone is 1. The molecule has 1 aliphatic rings. The number of amides is 2. The second kappa shape index (κ2) is 7.68. The average Bonchev–Trinajstić information content (AvgIpc) is 2.51. The summed E-state index contributed by atoms with van der Waals surface area (Å²) in [6.07, 6.45) is 1.42. The van der Waals surface area contributed by atoms with E-state index in [9.17, 15) is 9.59 Å². The smallest absolute Gasteiger partial charge is 0.338 e. The molecular weight excluding hydrogens is 308 g/mol. The minimum atomic E-state index is -0.571. The van der Waals surface area contributed by atoms with E-state index in [1.54, 1.807) is 39.0 Å². The van der Waals surface area contributed by atoms with E-state index in [1.165, 1.54) is 0 Å². The Morgan fingerprint density at radius 3 is 2.58 bits per heavy atom. The number of carbonyl (C=O) groups excluding carboxylic acids is 2. The van der Waals surface area contributed by atoms with Crippen molar-refractivity contribution in [1.29, 1.82) is 0 Å². The molecule has 1 unspecified atom stereocenters. The van der Waals surface area contributed by atoms with Crippen molar-refractivity contribution in [3.8, 4) is 5.75 Å². The monoisotopic (exact) mass is 330 g/mol. The molecule has 0 aromatic heterocycles. The Morgan fingerprint density at radius 2 is 2.00 bits per heavy atom. The number of hydrogen-bond donors (Lipinski definition) is 2. The molecule has 24 heavy (non-hydrogen) atoms. The minimum Gasteiger partial charge on any atom is -0.490 e. The van der Waals surface area contributed by atoms with E-state index in [4.69, 9.17) is 9.47 Å². The van der Waals surface area contributed by atoms with E-state index in [1.807, 2.05) is 12.1 Å². The Labute approximate surface area is 141 Å². The van der Waals surface area contributed by atoms with Crippen molar-refractivity contribution in [3.05, 3.63) is 53.8 Å². The third kappa shape index (κ3) is 4.16. The standard InChI is InChI=1S/C18H22N2O4/c1-5-10-23-14-8-6-13(7-9-14)16-15(17(21)24-11(2)3)12(4)19-18(22)20-16/h5-9,11,16H,1,10H2,2-4H3,(H2,19,20,22). The van der Waals surface area contributed by atoms with Gasteiger partial charge in [-0.1, -0.05) is 24.8 Å². The first kappa shape index (κ1) is 17.6. The number of ether oxygens (including phenoxy) is 2. The molecule has 1 atom stereocenters. The molecule has 128 valence electrons. The first-order valence-electron chi connectivity index (χ1n) is 7.75. The Balaban J connectivity index is 2.30. The highest BCUT2D eigenvalue weighted by atomic mass is 16.5. The van der Waals surface area contributed by atoms with Crippen molar-refractivity contribution in [2.45, 2.75) is 32.9 Å². The Bertz CT molecular complexity index is 662. The number of hydrogen-bond acceptors (Lipinski definition) is 4. The fourth-order valence-electron chi connectivity index (χ4n) is 2.40. The van der Waals surface area contributed by atoms with E-state index in [-0.39, 0.29) is 12.1 Å². The summed E-state index contributed by atoms with van der Waals surface area (Å²) in [6.45, 7) is 9.26. The summed E-state index contributed by atoms with van der Waals surface area (Å²) in [4.78, 5) is 24.2. The molecule has 0 saturated carbocycles. The predicted octanol–water partition coefficient (Wildman–Crippen LogP) is 2.83. The lowest BCUT2D eigenvalue weighted by Gasteiger charge is -2.28. The molecule has 2 amide bonds. The number of nitrogens with one attached hydrogen (secondary N) is 2. The van der Waals surface area contributed by atoms with Gasteiger partial charge in [0.05, 0.1) is 17.7 Å². The predicted molar refractivity (Wildman–Crippen MR) is 90.5 cm³/mol.